The van der Waals surface area contributed by atoms with Gasteiger partial charge in [-0.2, -0.15) is 13.2 Å². The zero-order valence-corrected chi connectivity index (χ0v) is 12.2. The minimum atomic E-state index is -4.45. The first-order valence-electron chi connectivity index (χ1n) is 6.52. The molecule has 1 N–H and O–H groups in total. The fraction of sp³-hybridized carbons (Fsp3) is 0.429. The molecule has 0 fully saturated rings. The van der Waals surface area contributed by atoms with Gasteiger partial charge in [0.15, 0.2) is 6.61 Å². The molecule has 0 heterocycles. The minimum Gasteiger partial charge on any atom is -0.490 e. The number of ether oxygens (including phenoxy) is 1. The van der Waals surface area contributed by atoms with Crippen molar-refractivity contribution in [2.24, 2.45) is 5.16 Å². The largest absolute Gasteiger partial charge is 0.490 e. The van der Waals surface area contributed by atoms with E-state index in [4.69, 9.17) is 4.74 Å². The Morgan fingerprint density at radius 1 is 1.36 bits per heavy atom. The van der Waals surface area contributed by atoms with Gasteiger partial charge in [-0.05, 0) is 26.0 Å². The predicted molar refractivity (Wildman–Crippen MR) is 74.8 cm³/mol. The van der Waals surface area contributed by atoms with E-state index in [2.05, 4.69) is 9.99 Å². The summed E-state index contributed by atoms with van der Waals surface area (Å²) in [4.78, 5) is 15.7. The Kier molecular flexibility index (Phi) is 6.68. The maximum atomic E-state index is 11.9. The third-order valence-electron chi connectivity index (χ3n) is 2.23. The fourth-order valence-electron chi connectivity index (χ4n) is 1.39. The molecule has 1 rings (SSSR count). The van der Waals surface area contributed by atoms with Crippen molar-refractivity contribution in [2.75, 3.05) is 13.2 Å². The van der Waals surface area contributed by atoms with Gasteiger partial charge in [-0.25, -0.2) is 0 Å². The van der Waals surface area contributed by atoms with Crippen molar-refractivity contribution in [3.63, 3.8) is 0 Å². The van der Waals surface area contributed by atoms with Crippen LogP contribution in [-0.4, -0.2) is 37.6 Å². The van der Waals surface area contributed by atoms with Crippen LogP contribution in [0.5, 0.6) is 5.75 Å². The van der Waals surface area contributed by atoms with Gasteiger partial charge in [-0.3, -0.25) is 4.79 Å². The summed E-state index contributed by atoms with van der Waals surface area (Å²) < 4.78 is 41.2. The molecule has 0 atom stereocenters. The van der Waals surface area contributed by atoms with Crippen molar-refractivity contribution in [3.05, 3.63) is 29.8 Å². The van der Waals surface area contributed by atoms with Crippen LogP contribution in [0.2, 0.25) is 0 Å². The fourth-order valence-corrected chi connectivity index (χ4v) is 1.39. The zero-order chi connectivity index (χ0) is 16.6. The van der Waals surface area contributed by atoms with Gasteiger partial charge in [0, 0.05) is 5.56 Å². The third-order valence-corrected chi connectivity index (χ3v) is 2.23. The van der Waals surface area contributed by atoms with Gasteiger partial charge in [0.05, 0.1) is 12.3 Å². The van der Waals surface area contributed by atoms with Crippen LogP contribution in [0.15, 0.2) is 29.4 Å². The molecule has 0 aliphatic heterocycles. The number of rotatable bonds is 7. The van der Waals surface area contributed by atoms with E-state index < -0.39 is 25.2 Å². The molecule has 1 amide bonds. The summed E-state index contributed by atoms with van der Waals surface area (Å²) in [6, 6.07) is 7.04. The molecule has 0 aliphatic carbocycles. The lowest BCUT2D eigenvalue weighted by Gasteiger charge is -2.11. The maximum Gasteiger partial charge on any atom is 0.405 e. The topological polar surface area (TPSA) is 59.9 Å². The number of carbonyl (C=O) groups excluding carboxylic acids is 1. The summed E-state index contributed by atoms with van der Waals surface area (Å²) >= 11 is 0. The summed E-state index contributed by atoms with van der Waals surface area (Å²) in [7, 11) is 0. The van der Waals surface area contributed by atoms with Crippen molar-refractivity contribution in [3.8, 4) is 5.75 Å². The first kappa shape index (κ1) is 17.8. The Hall–Kier alpha value is -2.25. The van der Waals surface area contributed by atoms with Crippen LogP contribution in [0.3, 0.4) is 0 Å². The van der Waals surface area contributed by atoms with Crippen LogP contribution >= 0.6 is 0 Å². The number of nitrogens with zero attached hydrogens (tertiary/aromatic N) is 1. The molecular formula is C14H17F3N2O3. The molecule has 0 aliphatic rings. The number of halogens is 3. The van der Waals surface area contributed by atoms with Crippen LogP contribution in [0.1, 0.15) is 19.4 Å². The SMILES string of the molecule is CC(C)Oc1ccccc1/C=N/OCC(=O)NCC(F)(F)F. The Labute approximate surface area is 126 Å². The first-order chi connectivity index (χ1) is 10.3. The number of para-hydroxylation sites is 1. The van der Waals surface area contributed by atoms with E-state index in [9.17, 15) is 18.0 Å². The van der Waals surface area contributed by atoms with Crippen LogP contribution in [-0.2, 0) is 9.63 Å². The second kappa shape index (κ2) is 8.26. The average Bonchev–Trinajstić information content (AvgIpc) is 2.41. The summed E-state index contributed by atoms with van der Waals surface area (Å²) in [5.74, 6) is -0.312. The van der Waals surface area contributed by atoms with Crippen molar-refractivity contribution in [2.45, 2.75) is 26.1 Å². The summed E-state index contributed by atoms with van der Waals surface area (Å²) in [5, 5.41) is 5.22. The molecule has 0 aromatic heterocycles. The van der Waals surface area contributed by atoms with Crippen molar-refractivity contribution in [1.29, 1.82) is 0 Å². The molecule has 5 nitrogen and oxygen atoms in total. The van der Waals surface area contributed by atoms with Gasteiger partial charge in [0.1, 0.15) is 12.3 Å². The molecule has 0 radical (unpaired) electrons. The molecule has 1 aromatic carbocycles. The summed E-state index contributed by atoms with van der Waals surface area (Å²) in [6.07, 6.45) is -3.15. The highest BCUT2D eigenvalue weighted by Gasteiger charge is 2.27. The number of benzene rings is 1. The van der Waals surface area contributed by atoms with E-state index in [0.29, 0.717) is 11.3 Å². The molecule has 0 saturated heterocycles. The minimum absolute atomic E-state index is 0.0244. The summed E-state index contributed by atoms with van der Waals surface area (Å²) in [5.41, 5.74) is 0.631. The highest BCUT2D eigenvalue weighted by Crippen LogP contribution is 2.17. The lowest BCUT2D eigenvalue weighted by Crippen LogP contribution is -2.35. The van der Waals surface area contributed by atoms with Gasteiger partial charge < -0.3 is 14.9 Å². The zero-order valence-electron chi connectivity index (χ0n) is 12.2. The predicted octanol–water partition coefficient (Wildman–Crippen LogP) is 2.50. The van der Waals surface area contributed by atoms with E-state index in [-0.39, 0.29) is 6.10 Å². The normalized spacial score (nSPS) is 11.7. The molecular weight excluding hydrogens is 301 g/mol. The number of amides is 1. The Balaban J connectivity index is 2.45. The van der Waals surface area contributed by atoms with Gasteiger partial charge in [0.2, 0.25) is 0 Å². The van der Waals surface area contributed by atoms with E-state index >= 15 is 0 Å². The second-order valence-corrected chi connectivity index (χ2v) is 4.60. The Bertz CT molecular complexity index is 516. The second-order valence-electron chi connectivity index (χ2n) is 4.60. The first-order valence-corrected chi connectivity index (χ1v) is 6.52. The lowest BCUT2D eigenvalue weighted by atomic mass is 10.2. The molecule has 0 spiro atoms. The van der Waals surface area contributed by atoms with Crippen LogP contribution in [0.4, 0.5) is 13.2 Å². The van der Waals surface area contributed by atoms with E-state index in [1.54, 1.807) is 29.6 Å². The molecule has 8 heteroatoms. The van der Waals surface area contributed by atoms with E-state index in [1.165, 1.54) is 6.21 Å². The molecule has 0 bridgehead atoms. The van der Waals surface area contributed by atoms with Gasteiger partial charge in [0.25, 0.3) is 5.91 Å². The lowest BCUT2D eigenvalue weighted by molar-refractivity contribution is -0.141. The smallest absolute Gasteiger partial charge is 0.405 e. The monoisotopic (exact) mass is 318 g/mol. The Morgan fingerprint density at radius 2 is 2.05 bits per heavy atom. The number of hydrogen-bond donors (Lipinski definition) is 1. The van der Waals surface area contributed by atoms with Crippen molar-refractivity contribution < 1.29 is 27.5 Å². The molecule has 22 heavy (non-hydrogen) atoms. The molecule has 122 valence electrons. The quantitative estimate of drug-likeness (QED) is 0.621. The van der Waals surface area contributed by atoms with Crippen LogP contribution < -0.4 is 10.1 Å². The molecule has 0 saturated carbocycles. The number of carbonyl (C=O) groups is 1. The Morgan fingerprint density at radius 3 is 2.68 bits per heavy atom. The molecule has 1 aromatic rings. The van der Waals surface area contributed by atoms with Gasteiger partial charge in [-0.15, -0.1) is 0 Å². The van der Waals surface area contributed by atoms with Crippen LogP contribution in [0.25, 0.3) is 0 Å². The number of nitrogens with one attached hydrogen (secondary N) is 1. The molecule has 0 unspecified atom stereocenters. The summed E-state index contributed by atoms with van der Waals surface area (Å²) in [6.45, 7) is 1.74. The highest BCUT2D eigenvalue weighted by atomic mass is 19.4. The standard InChI is InChI=1S/C14H17F3N2O3/c1-10(2)22-12-6-4-3-5-11(12)7-19-21-8-13(20)18-9-14(15,16)17/h3-7,10H,8-9H2,1-2H3,(H,18,20)/b19-7+. The third kappa shape index (κ3) is 7.51. The van der Waals surface area contributed by atoms with E-state index in [0.717, 1.165) is 0 Å². The maximum absolute atomic E-state index is 11.9. The van der Waals surface area contributed by atoms with E-state index in [1.807, 2.05) is 13.8 Å². The average molecular weight is 318 g/mol. The van der Waals surface area contributed by atoms with Crippen LogP contribution in [0, 0.1) is 0 Å². The van der Waals surface area contributed by atoms with Crippen molar-refractivity contribution in [1.82, 2.24) is 5.32 Å². The number of alkyl halides is 3. The number of oxime groups is 1. The van der Waals surface area contributed by atoms with Gasteiger partial charge in [-0.1, -0.05) is 17.3 Å². The van der Waals surface area contributed by atoms with Crippen molar-refractivity contribution >= 4 is 12.1 Å². The number of hydrogen-bond acceptors (Lipinski definition) is 4. The van der Waals surface area contributed by atoms with Gasteiger partial charge >= 0.3 is 6.18 Å². The highest BCUT2D eigenvalue weighted by molar-refractivity contribution is 5.83.